The minimum Gasteiger partial charge on any atom is -0.337 e. The molecule has 0 spiro atoms. The Morgan fingerprint density at radius 2 is 2.00 bits per heavy atom. The van der Waals surface area contributed by atoms with Gasteiger partial charge in [-0.1, -0.05) is 11.6 Å². The van der Waals surface area contributed by atoms with E-state index >= 15 is 0 Å². The highest BCUT2D eigenvalue weighted by molar-refractivity contribution is 14.1. The van der Waals surface area contributed by atoms with Crippen LogP contribution in [0.5, 0.6) is 0 Å². The van der Waals surface area contributed by atoms with Crippen molar-refractivity contribution in [2.75, 3.05) is 7.05 Å². The first-order valence-electron chi connectivity index (χ1n) is 5.67. The highest BCUT2D eigenvalue weighted by atomic mass is 127. The molecule has 2 rings (SSSR count). The summed E-state index contributed by atoms with van der Waals surface area (Å²) in [6.07, 6.45) is 3.44. The number of aromatic nitrogens is 1. The summed E-state index contributed by atoms with van der Waals surface area (Å²) < 4.78 is 0.897. The van der Waals surface area contributed by atoms with Crippen molar-refractivity contribution in [3.05, 3.63) is 62.4 Å². The lowest BCUT2D eigenvalue weighted by Gasteiger charge is -2.18. The molecular formula is C14H12ClIN2O. The van der Waals surface area contributed by atoms with Crippen LogP contribution >= 0.6 is 34.2 Å². The quantitative estimate of drug-likeness (QED) is 0.755. The minimum absolute atomic E-state index is 0.0382. The van der Waals surface area contributed by atoms with Gasteiger partial charge < -0.3 is 4.90 Å². The molecule has 3 nitrogen and oxygen atoms in total. The number of nitrogens with zero attached hydrogens (tertiary/aromatic N) is 2. The number of benzene rings is 1. The van der Waals surface area contributed by atoms with Gasteiger partial charge in [-0.25, -0.2) is 0 Å². The number of rotatable bonds is 3. The molecule has 0 saturated heterocycles. The zero-order chi connectivity index (χ0) is 13.8. The van der Waals surface area contributed by atoms with E-state index in [4.69, 9.17) is 11.6 Å². The van der Waals surface area contributed by atoms with E-state index in [0.717, 1.165) is 9.13 Å². The Morgan fingerprint density at radius 1 is 1.32 bits per heavy atom. The van der Waals surface area contributed by atoms with Crippen LogP contribution in [0.3, 0.4) is 0 Å². The van der Waals surface area contributed by atoms with Crippen molar-refractivity contribution in [1.82, 2.24) is 9.88 Å². The molecule has 0 aliphatic rings. The van der Waals surface area contributed by atoms with E-state index in [-0.39, 0.29) is 5.91 Å². The summed E-state index contributed by atoms with van der Waals surface area (Å²) in [6, 6.07) is 9.12. The molecule has 2 aromatic rings. The molecule has 0 N–H and O–H groups in total. The molecule has 1 aromatic heterocycles. The van der Waals surface area contributed by atoms with E-state index < -0.39 is 0 Å². The van der Waals surface area contributed by atoms with Crippen LogP contribution in [0.25, 0.3) is 0 Å². The van der Waals surface area contributed by atoms with E-state index in [1.165, 1.54) is 0 Å². The molecule has 0 radical (unpaired) electrons. The molecule has 5 heteroatoms. The fourth-order valence-corrected chi connectivity index (χ4v) is 2.44. The Hall–Kier alpha value is -1.14. The lowest BCUT2D eigenvalue weighted by molar-refractivity contribution is 0.0784. The van der Waals surface area contributed by atoms with Gasteiger partial charge in [0.05, 0.1) is 5.56 Å². The van der Waals surface area contributed by atoms with Gasteiger partial charge in [-0.05, 0) is 58.5 Å². The van der Waals surface area contributed by atoms with Crippen LogP contribution in [0.4, 0.5) is 0 Å². The third kappa shape index (κ3) is 3.67. The third-order valence-electron chi connectivity index (χ3n) is 2.67. The molecule has 0 atom stereocenters. The lowest BCUT2D eigenvalue weighted by Crippen LogP contribution is -2.26. The largest absolute Gasteiger partial charge is 0.337 e. The van der Waals surface area contributed by atoms with Crippen LogP contribution in [-0.2, 0) is 6.54 Å². The molecule has 1 amide bonds. The Kier molecular flexibility index (Phi) is 4.76. The summed E-state index contributed by atoms with van der Waals surface area (Å²) in [7, 11) is 1.78. The van der Waals surface area contributed by atoms with Crippen molar-refractivity contribution >= 4 is 40.1 Å². The van der Waals surface area contributed by atoms with Gasteiger partial charge in [-0.2, -0.15) is 0 Å². The van der Waals surface area contributed by atoms with Gasteiger partial charge in [-0.15, -0.1) is 0 Å². The van der Waals surface area contributed by atoms with Crippen LogP contribution in [0.15, 0.2) is 42.7 Å². The maximum absolute atomic E-state index is 12.4. The Bertz CT molecular complexity index is 589. The van der Waals surface area contributed by atoms with Crippen LogP contribution in [0.1, 0.15) is 15.9 Å². The van der Waals surface area contributed by atoms with Gasteiger partial charge in [-0.3, -0.25) is 9.78 Å². The van der Waals surface area contributed by atoms with Crippen molar-refractivity contribution in [3.8, 4) is 0 Å². The second-order valence-corrected chi connectivity index (χ2v) is 5.74. The van der Waals surface area contributed by atoms with Crippen molar-refractivity contribution < 1.29 is 4.79 Å². The molecule has 0 saturated carbocycles. The second-order valence-electron chi connectivity index (χ2n) is 4.14. The first kappa shape index (κ1) is 14.3. The second kappa shape index (κ2) is 6.34. The Balaban J connectivity index is 2.17. The van der Waals surface area contributed by atoms with E-state index in [1.807, 2.05) is 18.2 Å². The number of hydrogen-bond acceptors (Lipinski definition) is 2. The molecule has 0 fully saturated rings. The first-order valence-corrected chi connectivity index (χ1v) is 7.13. The van der Waals surface area contributed by atoms with Crippen molar-refractivity contribution in [1.29, 1.82) is 0 Å². The standard InChI is InChI=1S/C14H12ClIN2O/c1-18(9-10-4-6-17-7-5-10)14(19)12-8-11(15)2-3-13(12)16/h2-8H,9H2,1H3. The zero-order valence-corrected chi connectivity index (χ0v) is 13.2. The summed E-state index contributed by atoms with van der Waals surface area (Å²) >= 11 is 8.08. The third-order valence-corrected chi connectivity index (χ3v) is 3.85. The summed E-state index contributed by atoms with van der Waals surface area (Å²) in [4.78, 5) is 18.0. The van der Waals surface area contributed by atoms with E-state index in [2.05, 4.69) is 27.6 Å². The number of amides is 1. The van der Waals surface area contributed by atoms with Crippen LogP contribution in [-0.4, -0.2) is 22.8 Å². The Morgan fingerprint density at radius 3 is 2.68 bits per heavy atom. The average Bonchev–Trinajstić information content (AvgIpc) is 2.42. The van der Waals surface area contributed by atoms with Gasteiger partial charge in [0.1, 0.15) is 0 Å². The van der Waals surface area contributed by atoms with E-state index in [0.29, 0.717) is 17.1 Å². The van der Waals surface area contributed by atoms with Crippen LogP contribution in [0, 0.1) is 3.57 Å². The number of carbonyl (C=O) groups is 1. The fourth-order valence-electron chi connectivity index (χ4n) is 1.70. The van der Waals surface area contributed by atoms with E-state index in [9.17, 15) is 4.79 Å². The summed E-state index contributed by atoms with van der Waals surface area (Å²) in [5, 5.41) is 0.570. The van der Waals surface area contributed by atoms with Crippen molar-refractivity contribution in [2.45, 2.75) is 6.54 Å². The molecule has 1 aromatic carbocycles. The van der Waals surface area contributed by atoms with Crippen LogP contribution in [0.2, 0.25) is 5.02 Å². The van der Waals surface area contributed by atoms with Gasteiger partial charge in [0.15, 0.2) is 0 Å². The SMILES string of the molecule is CN(Cc1ccncc1)C(=O)c1cc(Cl)ccc1I. The molecule has 19 heavy (non-hydrogen) atoms. The highest BCUT2D eigenvalue weighted by Crippen LogP contribution is 2.19. The number of halogens is 2. The fraction of sp³-hybridized carbons (Fsp3) is 0.143. The topological polar surface area (TPSA) is 33.2 Å². The van der Waals surface area contributed by atoms with Crippen LogP contribution < -0.4 is 0 Å². The van der Waals surface area contributed by atoms with Gasteiger partial charge in [0.25, 0.3) is 5.91 Å². The molecule has 0 bridgehead atoms. The summed E-state index contributed by atoms with van der Waals surface area (Å²) in [6.45, 7) is 0.546. The Labute approximate surface area is 130 Å². The highest BCUT2D eigenvalue weighted by Gasteiger charge is 2.15. The van der Waals surface area contributed by atoms with Gasteiger partial charge >= 0.3 is 0 Å². The number of pyridine rings is 1. The predicted octanol–water partition coefficient (Wildman–Crippen LogP) is 3.61. The molecule has 0 aliphatic heterocycles. The minimum atomic E-state index is -0.0382. The maximum atomic E-state index is 12.4. The van der Waals surface area contributed by atoms with E-state index in [1.54, 1.807) is 36.5 Å². The lowest BCUT2D eigenvalue weighted by atomic mass is 10.2. The first-order chi connectivity index (χ1) is 9.08. The zero-order valence-electron chi connectivity index (χ0n) is 10.3. The normalized spacial score (nSPS) is 10.3. The predicted molar refractivity (Wildman–Crippen MR) is 84.2 cm³/mol. The summed E-state index contributed by atoms with van der Waals surface area (Å²) in [5.41, 5.74) is 1.67. The van der Waals surface area contributed by atoms with Crippen molar-refractivity contribution in [2.24, 2.45) is 0 Å². The molecule has 0 unspecified atom stereocenters. The molecular weight excluding hydrogens is 375 g/mol. The number of hydrogen-bond donors (Lipinski definition) is 0. The number of carbonyl (C=O) groups excluding carboxylic acids is 1. The van der Waals surface area contributed by atoms with Gasteiger partial charge in [0, 0.05) is 34.6 Å². The maximum Gasteiger partial charge on any atom is 0.255 e. The van der Waals surface area contributed by atoms with Gasteiger partial charge in [0.2, 0.25) is 0 Å². The molecule has 1 heterocycles. The average molecular weight is 387 g/mol. The summed E-state index contributed by atoms with van der Waals surface area (Å²) in [5.74, 6) is -0.0382. The molecule has 0 aliphatic carbocycles. The molecule has 98 valence electrons. The van der Waals surface area contributed by atoms with Crippen molar-refractivity contribution in [3.63, 3.8) is 0 Å². The monoisotopic (exact) mass is 386 g/mol. The smallest absolute Gasteiger partial charge is 0.255 e.